The number of nitrogens with one attached hydrogen (secondary N) is 1. The first kappa shape index (κ1) is 30.5. The zero-order valence-electron chi connectivity index (χ0n) is 22.2. The van der Waals surface area contributed by atoms with Crippen LogP contribution < -0.4 is 9.62 Å². The quantitative estimate of drug-likeness (QED) is 0.303. The Bertz CT molecular complexity index is 1380. The van der Waals surface area contributed by atoms with E-state index >= 15 is 0 Å². The Morgan fingerprint density at radius 1 is 0.949 bits per heavy atom. The van der Waals surface area contributed by atoms with Gasteiger partial charge in [0.1, 0.15) is 12.6 Å². The number of carbonyl (C=O) groups is 2. The number of amides is 2. The molecule has 0 aliphatic rings. The number of benzene rings is 3. The molecule has 0 saturated heterocycles. The van der Waals surface area contributed by atoms with Crippen molar-refractivity contribution in [2.24, 2.45) is 0 Å². The molecule has 3 aromatic rings. The largest absolute Gasteiger partial charge is 0.354 e. The van der Waals surface area contributed by atoms with Crippen LogP contribution in [0, 0.1) is 6.92 Å². The summed E-state index contributed by atoms with van der Waals surface area (Å²) in [4.78, 5) is 28.2. The third-order valence-corrected chi connectivity index (χ3v) is 8.87. The molecule has 3 rings (SSSR count). The van der Waals surface area contributed by atoms with E-state index in [0.717, 1.165) is 21.9 Å². The summed E-state index contributed by atoms with van der Waals surface area (Å²) in [5.74, 6) is -0.858. The molecule has 0 aliphatic carbocycles. The molecule has 3 aromatic carbocycles. The van der Waals surface area contributed by atoms with Gasteiger partial charge in [-0.1, -0.05) is 84.2 Å². The smallest absolute Gasteiger partial charge is 0.264 e. The van der Waals surface area contributed by atoms with Crippen LogP contribution in [0.1, 0.15) is 31.4 Å². The number of hydrogen-bond acceptors (Lipinski definition) is 4. The number of anilines is 1. The van der Waals surface area contributed by atoms with Gasteiger partial charge in [-0.15, -0.1) is 0 Å². The lowest BCUT2D eigenvalue weighted by atomic mass is 10.1. The number of halogens is 2. The Labute approximate surface area is 240 Å². The highest BCUT2D eigenvalue weighted by Crippen LogP contribution is 2.35. The van der Waals surface area contributed by atoms with E-state index < -0.39 is 28.5 Å². The molecular weight excluding hydrogens is 557 g/mol. The predicted octanol–water partition coefficient (Wildman–Crippen LogP) is 5.48. The fourth-order valence-electron chi connectivity index (χ4n) is 4.00. The number of carbonyl (C=O) groups excluding carboxylic acids is 2. The van der Waals surface area contributed by atoms with Gasteiger partial charge in [0.05, 0.1) is 20.6 Å². The molecule has 0 heterocycles. The van der Waals surface area contributed by atoms with Crippen LogP contribution in [0.25, 0.3) is 0 Å². The molecular formula is C29H33Cl2N3O4S. The van der Waals surface area contributed by atoms with Gasteiger partial charge in [-0.25, -0.2) is 8.42 Å². The first-order valence-electron chi connectivity index (χ1n) is 12.7. The summed E-state index contributed by atoms with van der Waals surface area (Å²) in [5, 5.41) is 2.98. The molecule has 10 heteroatoms. The third-order valence-electron chi connectivity index (χ3n) is 6.29. The second kappa shape index (κ2) is 13.8. The predicted molar refractivity (Wildman–Crippen MR) is 157 cm³/mol. The molecule has 0 bridgehead atoms. The van der Waals surface area contributed by atoms with Crippen molar-refractivity contribution in [3.05, 3.63) is 94.0 Å². The molecule has 1 N–H and O–H groups in total. The van der Waals surface area contributed by atoms with Gasteiger partial charge in [0.25, 0.3) is 10.0 Å². The lowest BCUT2D eigenvalue weighted by Gasteiger charge is -2.32. The van der Waals surface area contributed by atoms with Crippen molar-refractivity contribution >= 4 is 50.7 Å². The molecule has 0 unspecified atom stereocenters. The number of aryl methyl sites for hydroxylation is 1. The number of sulfonamides is 1. The average molecular weight is 591 g/mol. The first-order valence-corrected chi connectivity index (χ1v) is 14.9. The number of rotatable bonds is 12. The van der Waals surface area contributed by atoms with Crippen molar-refractivity contribution in [1.82, 2.24) is 10.2 Å². The van der Waals surface area contributed by atoms with Gasteiger partial charge < -0.3 is 10.2 Å². The molecule has 2 amide bonds. The molecule has 0 aromatic heterocycles. The molecule has 208 valence electrons. The molecule has 0 saturated carbocycles. The maximum atomic E-state index is 13.9. The molecule has 7 nitrogen and oxygen atoms in total. The van der Waals surface area contributed by atoms with Gasteiger partial charge >= 0.3 is 0 Å². The van der Waals surface area contributed by atoms with Crippen LogP contribution in [-0.2, 0) is 26.0 Å². The summed E-state index contributed by atoms with van der Waals surface area (Å²) < 4.78 is 28.7. The monoisotopic (exact) mass is 589 g/mol. The Kier molecular flexibility index (Phi) is 10.8. The van der Waals surface area contributed by atoms with Crippen LogP contribution in [0.4, 0.5) is 5.69 Å². The Balaban J connectivity index is 2.01. The molecule has 0 aliphatic heterocycles. The first-order chi connectivity index (χ1) is 18.6. The lowest BCUT2D eigenvalue weighted by Crippen LogP contribution is -2.52. The van der Waals surface area contributed by atoms with Crippen LogP contribution in [0.3, 0.4) is 0 Å². The van der Waals surface area contributed by atoms with Crippen LogP contribution in [0.15, 0.2) is 77.7 Å². The van der Waals surface area contributed by atoms with E-state index in [9.17, 15) is 18.0 Å². The van der Waals surface area contributed by atoms with Gasteiger partial charge in [0.2, 0.25) is 11.8 Å². The maximum Gasteiger partial charge on any atom is 0.264 e. The van der Waals surface area contributed by atoms with E-state index in [1.807, 2.05) is 44.2 Å². The van der Waals surface area contributed by atoms with E-state index in [1.165, 1.54) is 29.2 Å². The highest BCUT2D eigenvalue weighted by molar-refractivity contribution is 7.92. The second-order valence-corrected chi connectivity index (χ2v) is 11.8. The van der Waals surface area contributed by atoms with Crippen molar-refractivity contribution < 1.29 is 18.0 Å². The Morgan fingerprint density at radius 2 is 1.62 bits per heavy atom. The van der Waals surface area contributed by atoms with Gasteiger partial charge in [0, 0.05) is 13.1 Å². The summed E-state index contributed by atoms with van der Waals surface area (Å²) >= 11 is 12.7. The van der Waals surface area contributed by atoms with Crippen molar-refractivity contribution in [2.45, 2.75) is 44.6 Å². The van der Waals surface area contributed by atoms with Crippen LogP contribution in [0.5, 0.6) is 0 Å². The van der Waals surface area contributed by atoms with Gasteiger partial charge in [-0.2, -0.15) is 0 Å². The minimum absolute atomic E-state index is 0.00140. The lowest BCUT2D eigenvalue weighted by molar-refractivity contribution is -0.138. The maximum absolute atomic E-state index is 13.9. The summed E-state index contributed by atoms with van der Waals surface area (Å²) in [6.07, 6.45) is 1.23. The highest BCUT2D eigenvalue weighted by Gasteiger charge is 2.33. The normalized spacial score (nSPS) is 12.0. The zero-order valence-corrected chi connectivity index (χ0v) is 24.6. The second-order valence-electron chi connectivity index (χ2n) is 9.19. The summed E-state index contributed by atoms with van der Waals surface area (Å²) in [6, 6.07) is 19.7. The number of hydrogen-bond donors (Lipinski definition) is 1. The topological polar surface area (TPSA) is 86.8 Å². The SMILES string of the molecule is CCCNC(=O)[C@H](C)N(CCc1ccccc1)C(=O)CN(c1cccc(Cl)c1Cl)S(=O)(=O)c1ccc(C)cc1. The Hall–Kier alpha value is -3.07. The van der Waals surface area contributed by atoms with E-state index in [2.05, 4.69) is 5.32 Å². The summed E-state index contributed by atoms with van der Waals surface area (Å²) in [7, 11) is -4.22. The molecule has 0 fully saturated rings. The van der Waals surface area contributed by atoms with Crippen LogP contribution in [0.2, 0.25) is 10.0 Å². The van der Waals surface area contributed by atoms with Crippen LogP contribution >= 0.6 is 23.2 Å². The molecule has 0 radical (unpaired) electrons. The van der Waals surface area contributed by atoms with Crippen molar-refractivity contribution in [2.75, 3.05) is 23.9 Å². The summed E-state index contributed by atoms with van der Waals surface area (Å²) in [6.45, 7) is 5.53. The van der Waals surface area contributed by atoms with E-state index in [-0.39, 0.29) is 33.1 Å². The van der Waals surface area contributed by atoms with Crippen molar-refractivity contribution in [1.29, 1.82) is 0 Å². The van der Waals surface area contributed by atoms with Crippen LogP contribution in [-0.4, -0.2) is 50.8 Å². The molecule has 1 atom stereocenters. The molecule has 39 heavy (non-hydrogen) atoms. The van der Waals surface area contributed by atoms with Gasteiger partial charge in [-0.05, 0) is 56.5 Å². The average Bonchev–Trinajstić information content (AvgIpc) is 2.92. The van der Waals surface area contributed by atoms with E-state index in [4.69, 9.17) is 23.2 Å². The van der Waals surface area contributed by atoms with Gasteiger partial charge in [0.15, 0.2) is 0 Å². The van der Waals surface area contributed by atoms with Crippen molar-refractivity contribution in [3.63, 3.8) is 0 Å². The van der Waals surface area contributed by atoms with Crippen molar-refractivity contribution in [3.8, 4) is 0 Å². The fraction of sp³-hybridized carbons (Fsp3) is 0.310. The third kappa shape index (κ3) is 7.75. The standard InChI is InChI=1S/C29H33Cl2N3O4S/c1-4-18-32-29(36)22(3)33(19-17-23-9-6-5-7-10-23)27(35)20-34(26-12-8-11-25(30)28(26)31)39(37,38)24-15-13-21(2)14-16-24/h5-16,22H,4,17-20H2,1-3H3,(H,32,36)/t22-/m0/s1. The minimum atomic E-state index is -4.22. The fourth-order valence-corrected chi connectivity index (χ4v) is 5.88. The highest BCUT2D eigenvalue weighted by atomic mass is 35.5. The summed E-state index contributed by atoms with van der Waals surface area (Å²) in [5.41, 5.74) is 1.94. The Morgan fingerprint density at radius 3 is 2.26 bits per heavy atom. The van der Waals surface area contributed by atoms with E-state index in [0.29, 0.717) is 13.0 Å². The minimum Gasteiger partial charge on any atom is -0.354 e. The zero-order chi connectivity index (χ0) is 28.6. The number of nitrogens with zero attached hydrogens (tertiary/aromatic N) is 2. The van der Waals surface area contributed by atoms with E-state index in [1.54, 1.807) is 25.1 Å². The molecule has 0 spiro atoms. The van der Waals surface area contributed by atoms with Gasteiger partial charge in [-0.3, -0.25) is 13.9 Å².